The van der Waals surface area contributed by atoms with Crippen molar-refractivity contribution in [3.05, 3.63) is 51.9 Å². The highest BCUT2D eigenvalue weighted by atomic mass is 32.1. The van der Waals surface area contributed by atoms with Crippen molar-refractivity contribution < 1.29 is 0 Å². The number of thiazole rings is 1. The number of nitrogens with zero attached hydrogens (tertiary/aromatic N) is 3. The molecule has 0 aliphatic heterocycles. The number of para-hydroxylation sites is 1. The van der Waals surface area contributed by atoms with Crippen LogP contribution in [0.3, 0.4) is 0 Å². The predicted octanol–water partition coefficient (Wildman–Crippen LogP) is 3.23. The van der Waals surface area contributed by atoms with E-state index in [1.807, 2.05) is 41.6 Å². The van der Waals surface area contributed by atoms with E-state index in [2.05, 4.69) is 21.0 Å². The summed E-state index contributed by atoms with van der Waals surface area (Å²) in [5.74, 6) is 0.651. The average Bonchev–Trinajstić information content (AvgIpc) is 3.13. The average molecular weight is 328 g/mol. The lowest BCUT2D eigenvalue weighted by Crippen LogP contribution is -2.21. The van der Waals surface area contributed by atoms with E-state index < -0.39 is 0 Å². The maximum absolute atomic E-state index is 12.0. The van der Waals surface area contributed by atoms with Crippen LogP contribution in [0, 0.1) is 0 Å². The van der Waals surface area contributed by atoms with Crippen LogP contribution in [0.4, 0.5) is 5.13 Å². The highest BCUT2D eigenvalue weighted by molar-refractivity contribution is 7.22. The summed E-state index contributed by atoms with van der Waals surface area (Å²) < 4.78 is 1.82. The molecule has 1 N–H and O–H groups in total. The molecule has 0 atom stereocenters. The Morgan fingerprint density at radius 3 is 2.91 bits per heavy atom. The number of hydrogen-bond acceptors (Lipinski definition) is 6. The third kappa shape index (κ3) is 2.28. The van der Waals surface area contributed by atoms with Crippen LogP contribution in [-0.4, -0.2) is 22.0 Å². The monoisotopic (exact) mass is 328 g/mol. The van der Waals surface area contributed by atoms with E-state index in [-0.39, 0.29) is 5.56 Å². The molecule has 0 aliphatic rings. The summed E-state index contributed by atoms with van der Waals surface area (Å²) in [6.07, 6.45) is 0. The highest BCUT2D eigenvalue weighted by Crippen LogP contribution is 2.28. The molecule has 5 nitrogen and oxygen atoms in total. The van der Waals surface area contributed by atoms with Gasteiger partial charge in [-0.2, -0.15) is 0 Å². The summed E-state index contributed by atoms with van der Waals surface area (Å²) in [5, 5.41) is 2.79. The lowest BCUT2D eigenvalue weighted by Gasteiger charge is -2.14. The quantitative estimate of drug-likeness (QED) is 0.627. The van der Waals surface area contributed by atoms with Crippen molar-refractivity contribution in [1.82, 2.24) is 15.0 Å². The Labute approximate surface area is 133 Å². The van der Waals surface area contributed by atoms with E-state index in [0.29, 0.717) is 17.1 Å². The van der Waals surface area contributed by atoms with Gasteiger partial charge in [0.25, 0.3) is 5.56 Å². The van der Waals surface area contributed by atoms with E-state index in [0.717, 1.165) is 20.9 Å². The SMILES string of the molecule is CN(Cc1nc2ccsc2c(=O)[nH]1)c1nc2ccccc2s1. The van der Waals surface area contributed by atoms with Crippen molar-refractivity contribution in [1.29, 1.82) is 0 Å². The van der Waals surface area contributed by atoms with Gasteiger partial charge in [0.1, 0.15) is 10.5 Å². The largest absolute Gasteiger partial charge is 0.344 e. The van der Waals surface area contributed by atoms with Crippen LogP contribution in [-0.2, 0) is 6.54 Å². The Morgan fingerprint density at radius 1 is 1.18 bits per heavy atom. The Hall–Kier alpha value is -2.25. The fourth-order valence-electron chi connectivity index (χ4n) is 2.31. The summed E-state index contributed by atoms with van der Waals surface area (Å²) in [4.78, 5) is 26.0. The predicted molar refractivity (Wildman–Crippen MR) is 92.0 cm³/mol. The fraction of sp³-hybridized carbons (Fsp3) is 0.133. The zero-order valence-electron chi connectivity index (χ0n) is 11.7. The van der Waals surface area contributed by atoms with Crippen molar-refractivity contribution in [3.63, 3.8) is 0 Å². The van der Waals surface area contributed by atoms with Gasteiger partial charge in [-0.15, -0.1) is 11.3 Å². The van der Waals surface area contributed by atoms with E-state index in [1.54, 1.807) is 11.3 Å². The first kappa shape index (κ1) is 13.4. The third-order valence-corrected chi connectivity index (χ3v) is 5.41. The molecule has 0 saturated carbocycles. The molecule has 0 unspecified atom stereocenters. The molecule has 7 heteroatoms. The van der Waals surface area contributed by atoms with Crippen LogP contribution >= 0.6 is 22.7 Å². The second kappa shape index (κ2) is 5.19. The molecular weight excluding hydrogens is 316 g/mol. The number of thiophene rings is 1. The molecular formula is C15H12N4OS2. The Morgan fingerprint density at radius 2 is 2.05 bits per heavy atom. The fourth-order valence-corrected chi connectivity index (χ4v) is 3.96. The minimum Gasteiger partial charge on any atom is -0.344 e. The molecule has 4 aromatic rings. The first-order valence-corrected chi connectivity index (χ1v) is 8.43. The van der Waals surface area contributed by atoms with Gasteiger partial charge < -0.3 is 9.88 Å². The number of hydrogen-bond donors (Lipinski definition) is 1. The van der Waals surface area contributed by atoms with Crippen LogP contribution in [0.5, 0.6) is 0 Å². The molecule has 0 aliphatic carbocycles. The lowest BCUT2D eigenvalue weighted by atomic mass is 10.3. The van der Waals surface area contributed by atoms with Gasteiger partial charge >= 0.3 is 0 Å². The van der Waals surface area contributed by atoms with E-state index in [4.69, 9.17) is 0 Å². The number of benzene rings is 1. The van der Waals surface area contributed by atoms with Gasteiger partial charge in [-0.1, -0.05) is 23.5 Å². The Bertz CT molecular complexity index is 984. The number of rotatable bonds is 3. The standard InChI is InChI=1S/C15H12N4OS2/c1-19(15-17-9-4-2-3-5-11(9)22-15)8-12-16-10-6-7-21-13(10)14(20)18-12/h2-7H,8H2,1H3,(H,16,18,20). The topological polar surface area (TPSA) is 61.9 Å². The van der Waals surface area contributed by atoms with Crippen LogP contribution < -0.4 is 10.5 Å². The normalized spacial score (nSPS) is 11.3. The van der Waals surface area contributed by atoms with Crippen LogP contribution in [0.25, 0.3) is 20.4 Å². The van der Waals surface area contributed by atoms with E-state index in [9.17, 15) is 4.79 Å². The first-order valence-electron chi connectivity index (χ1n) is 6.74. The second-order valence-corrected chi connectivity index (χ2v) is 6.89. The summed E-state index contributed by atoms with van der Waals surface area (Å²) in [6.45, 7) is 0.515. The molecule has 4 rings (SSSR count). The van der Waals surface area contributed by atoms with Crippen molar-refractivity contribution in [2.24, 2.45) is 0 Å². The highest BCUT2D eigenvalue weighted by Gasteiger charge is 2.11. The van der Waals surface area contributed by atoms with Gasteiger partial charge in [0.05, 0.1) is 22.3 Å². The number of nitrogens with one attached hydrogen (secondary N) is 1. The van der Waals surface area contributed by atoms with Crippen LogP contribution in [0.2, 0.25) is 0 Å². The Kier molecular flexibility index (Phi) is 3.16. The third-order valence-electron chi connectivity index (χ3n) is 3.36. The van der Waals surface area contributed by atoms with Crippen molar-refractivity contribution >= 4 is 48.2 Å². The number of anilines is 1. The second-order valence-electron chi connectivity index (χ2n) is 4.97. The van der Waals surface area contributed by atoms with Gasteiger partial charge in [-0.3, -0.25) is 4.79 Å². The molecule has 0 fully saturated rings. The maximum Gasteiger partial charge on any atom is 0.268 e. The van der Waals surface area contributed by atoms with Gasteiger partial charge in [0, 0.05) is 7.05 Å². The molecule has 0 spiro atoms. The molecule has 3 heterocycles. The molecule has 0 amide bonds. The molecule has 1 aromatic carbocycles. The van der Waals surface area contributed by atoms with Crippen LogP contribution in [0.1, 0.15) is 5.82 Å². The summed E-state index contributed by atoms with van der Waals surface area (Å²) >= 11 is 3.04. The molecule has 3 aromatic heterocycles. The maximum atomic E-state index is 12.0. The number of aromatic amines is 1. The summed E-state index contributed by atoms with van der Waals surface area (Å²) in [6, 6.07) is 9.92. The Balaban J connectivity index is 1.67. The van der Waals surface area contributed by atoms with Crippen molar-refractivity contribution in [2.75, 3.05) is 11.9 Å². The van der Waals surface area contributed by atoms with Gasteiger partial charge in [0.2, 0.25) is 0 Å². The molecule has 22 heavy (non-hydrogen) atoms. The lowest BCUT2D eigenvalue weighted by molar-refractivity contribution is 0.838. The van der Waals surface area contributed by atoms with E-state index in [1.165, 1.54) is 11.3 Å². The molecule has 110 valence electrons. The van der Waals surface area contributed by atoms with Gasteiger partial charge in [-0.05, 0) is 23.6 Å². The summed E-state index contributed by atoms with van der Waals surface area (Å²) in [5.41, 5.74) is 1.67. The van der Waals surface area contributed by atoms with Crippen LogP contribution in [0.15, 0.2) is 40.5 Å². The smallest absolute Gasteiger partial charge is 0.268 e. The van der Waals surface area contributed by atoms with Gasteiger partial charge in [0.15, 0.2) is 5.13 Å². The first-order chi connectivity index (χ1) is 10.7. The number of aromatic nitrogens is 3. The molecule has 0 bridgehead atoms. The van der Waals surface area contributed by atoms with Gasteiger partial charge in [-0.25, -0.2) is 9.97 Å². The number of fused-ring (bicyclic) bond motifs is 2. The minimum atomic E-state index is -0.0762. The van der Waals surface area contributed by atoms with E-state index >= 15 is 0 Å². The molecule has 0 radical (unpaired) electrons. The minimum absolute atomic E-state index is 0.0762. The zero-order chi connectivity index (χ0) is 15.1. The summed E-state index contributed by atoms with van der Waals surface area (Å²) in [7, 11) is 1.95. The van der Waals surface area contributed by atoms with Crippen molar-refractivity contribution in [2.45, 2.75) is 6.54 Å². The zero-order valence-corrected chi connectivity index (χ0v) is 13.4. The number of H-pyrrole nitrogens is 1. The molecule has 0 saturated heterocycles. The van der Waals surface area contributed by atoms with Crippen molar-refractivity contribution in [3.8, 4) is 0 Å².